The predicted octanol–water partition coefficient (Wildman–Crippen LogP) is 3.51. The quantitative estimate of drug-likeness (QED) is 0.773. The molecule has 0 aliphatic carbocycles. The molecule has 3 rings (SSSR count). The van der Waals surface area contributed by atoms with Gasteiger partial charge in [-0.25, -0.2) is 9.97 Å². The minimum absolute atomic E-state index is 0.171. The lowest BCUT2D eigenvalue weighted by molar-refractivity contribution is 0.0992. The number of hydrogen-bond donors (Lipinski definition) is 1. The van der Waals surface area contributed by atoms with E-state index in [9.17, 15) is 4.79 Å². The van der Waals surface area contributed by atoms with Crippen LogP contribution in [0.25, 0.3) is 0 Å². The van der Waals surface area contributed by atoms with E-state index in [0.29, 0.717) is 17.3 Å². The van der Waals surface area contributed by atoms with Gasteiger partial charge >= 0.3 is 0 Å². The van der Waals surface area contributed by atoms with Crippen molar-refractivity contribution >= 4 is 23.2 Å². The number of methoxy groups -OCH3 is 1. The Kier molecular flexibility index (Phi) is 4.89. The largest absolute Gasteiger partial charge is 0.495 e. The van der Waals surface area contributed by atoms with Gasteiger partial charge in [0, 0.05) is 25.1 Å². The summed E-state index contributed by atoms with van der Waals surface area (Å²) < 4.78 is 5.28. The van der Waals surface area contributed by atoms with E-state index in [1.165, 1.54) is 12.4 Å². The number of carbonyl (C=O) groups is 1. The highest BCUT2D eigenvalue weighted by atomic mass is 16.5. The van der Waals surface area contributed by atoms with Crippen LogP contribution in [0.1, 0.15) is 10.4 Å². The second kappa shape index (κ2) is 7.44. The SMILES string of the molecule is COc1ccccc1Nc1ncc(C(=O)N(C)c2ccccc2)cn1. The van der Waals surface area contributed by atoms with Crippen molar-refractivity contribution in [2.24, 2.45) is 0 Å². The molecular formula is C19H18N4O2. The van der Waals surface area contributed by atoms with Crippen molar-refractivity contribution < 1.29 is 9.53 Å². The topological polar surface area (TPSA) is 67.3 Å². The van der Waals surface area contributed by atoms with Gasteiger partial charge in [-0.15, -0.1) is 0 Å². The Labute approximate surface area is 146 Å². The molecule has 0 unspecified atom stereocenters. The molecular weight excluding hydrogens is 316 g/mol. The number of hydrogen-bond acceptors (Lipinski definition) is 5. The molecule has 0 aliphatic rings. The average Bonchev–Trinajstić information content (AvgIpc) is 2.68. The van der Waals surface area contributed by atoms with E-state index < -0.39 is 0 Å². The first-order chi connectivity index (χ1) is 12.2. The normalized spacial score (nSPS) is 10.2. The lowest BCUT2D eigenvalue weighted by atomic mass is 10.2. The number of carbonyl (C=O) groups excluding carboxylic acids is 1. The van der Waals surface area contributed by atoms with Crippen LogP contribution in [0.3, 0.4) is 0 Å². The molecule has 0 spiro atoms. The molecule has 6 nitrogen and oxygen atoms in total. The first-order valence-corrected chi connectivity index (χ1v) is 7.74. The zero-order valence-electron chi connectivity index (χ0n) is 14.0. The van der Waals surface area contributed by atoms with Crippen LogP contribution in [0.15, 0.2) is 67.0 Å². The van der Waals surface area contributed by atoms with Gasteiger partial charge in [-0.2, -0.15) is 0 Å². The summed E-state index contributed by atoms with van der Waals surface area (Å²) in [5.74, 6) is 0.911. The van der Waals surface area contributed by atoms with Crippen molar-refractivity contribution in [3.63, 3.8) is 0 Å². The molecule has 2 aromatic carbocycles. The first-order valence-electron chi connectivity index (χ1n) is 7.74. The molecule has 126 valence electrons. The summed E-state index contributed by atoms with van der Waals surface area (Å²) in [6.45, 7) is 0. The van der Waals surface area contributed by atoms with Crippen LogP contribution >= 0.6 is 0 Å². The Morgan fingerprint density at radius 1 is 1.00 bits per heavy atom. The third-order valence-electron chi connectivity index (χ3n) is 3.70. The van der Waals surface area contributed by atoms with Crippen molar-refractivity contribution in [2.45, 2.75) is 0 Å². The fourth-order valence-corrected chi connectivity index (χ4v) is 2.33. The van der Waals surface area contributed by atoms with Crippen LogP contribution in [-0.4, -0.2) is 30.0 Å². The monoisotopic (exact) mass is 334 g/mol. The number of benzene rings is 2. The summed E-state index contributed by atoms with van der Waals surface area (Å²) in [5.41, 5.74) is 1.98. The van der Waals surface area contributed by atoms with E-state index in [1.54, 1.807) is 19.1 Å². The summed E-state index contributed by atoms with van der Waals surface area (Å²) in [4.78, 5) is 22.5. The number of amides is 1. The lowest BCUT2D eigenvalue weighted by Gasteiger charge is -2.17. The molecule has 6 heteroatoms. The first kappa shape index (κ1) is 16.4. The van der Waals surface area contributed by atoms with Gasteiger partial charge in [0.25, 0.3) is 5.91 Å². The molecule has 1 heterocycles. The molecule has 25 heavy (non-hydrogen) atoms. The maximum atomic E-state index is 12.5. The minimum atomic E-state index is -0.171. The van der Waals surface area contributed by atoms with E-state index >= 15 is 0 Å². The van der Waals surface area contributed by atoms with E-state index in [1.807, 2.05) is 54.6 Å². The fraction of sp³-hybridized carbons (Fsp3) is 0.105. The number of ether oxygens (including phenoxy) is 1. The van der Waals surface area contributed by atoms with Gasteiger partial charge in [0.2, 0.25) is 5.95 Å². The molecule has 0 aliphatic heterocycles. The van der Waals surface area contributed by atoms with Crippen LogP contribution in [0, 0.1) is 0 Å². The maximum Gasteiger partial charge on any atom is 0.261 e. The molecule has 0 fully saturated rings. The molecule has 1 amide bonds. The van der Waals surface area contributed by atoms with Gasteiger partial charge in [-0.05, 0) is 24.3 Å². The average molecular weight is 334 g/mol. The van der Waals surface area contributed by atoms with Crippen LogP contribution < -0.4 is 15.0 Å². The Balaban J connectivity index is 1.75. The van der Waals surface area contributed by atoms with Crippen LogP contribution in [0.5, 0.6) is 5.75 Å². The Morgan fingerprint density at radius 3 is 2.32 bits per heavy atom. The third kappa shape index (κ3) is 3.74. The maximum absolute atomic E-state index is 12.5. The number of anilines is 3. The number of para-hydroxylation sites is 3. The Hall–Kier alpha value is -3.41. The van der Waals surface area contributed by atoms with Crippen molar-refractivity contribution in [3.05, 3.63) is 72.6 Å². The van der Waals surface area contributed by atoms with E-state index in [2.05, 4.69) is 15.3 Å². The molecule has 0 saturated carbocycles. The van der Waals surface area contributed by atoms with Crippen molar-refractivity contribution in [1.29, 1.82) is 0 Å². The summed E-state index contributed by atoms with van der Waals surface area (Å²) in [6, 6.07) is 16.9. The van der Waals surface area contributed by atoms with E-state index in [0.717, 1.165) is 11.4 Å². The lowest BCUT2D eigenvalue weighted by Crippen LogP contribution is -2.26. The predicted molar refractivity (Wildman–Crippen MR) is 97.5 cm³/mol. The molecule has 1 N–H and O–H groups in total. The second-order valence-electron chi connectivity index (χ2n) is 5.32. The highest BCUT2D eigenvalue weighted by molar-refractivity contribution is 6.05. The standard InChI is InChI=1S/C19H18N4O2/c1-23(15-8-4-3-5-9-15)18(24)14-12-20-19(21-13-14)22-16-10-6-7-11-17(16)25-2/h3-13H,1-2H3,(H,20,21,22). The summed E-state index contributed by atoms with van der Waals surface area (Å²) in [7, 11) is 3.32. The molecule has 0 saturated heterocycles. The fourth-order valence-electron chi connectivity index (χ4n) is 2.33. The minimum Gasteiger partial charge on any atom is -0.495 e. The van der Waals surface area contributed by atoms with Crippen LogP contribution in [-0.2, 0) is 0 Å². The van der Waals surface area contributed by atoms with Crippen molar-refractivity contribution in [3.8, 4) is 5.75 Å². The number of rotatable bonds is 5. The highest BCUT2D eigenvalue weighted by Crippen LogP contribution is 2.25. The van der Waals surface area contributed by atoms with E-state index in [-0.39, 0.29) is 5.91 Å². The van der Waals surface area contributed by atoms with Gasteiger partial charge in [-0.3, -0.25) is 4.79 Å². The molecule has 0 radical (unpaired) electrons. The Morgan fingerprint density at radius 2 is 1.64 bits per heavy atom. The third-order valence-corrected chi connectivity index (χ3v) is 3.70. The Bertz CT molecular complexity index is 851. The number of aromatic nitrogens is 2. The van der Waals surface area contributed by atoms with Crippen LogP contribution in [0.2, 0.25) is 0 Å². The zero-order chi connectivity index (χ0) is 17.6. The van der Waals surface area contributed by atoms with Crippen LogP contribution in [0.4, 0.5) is 17.3 Å². The number of nitrogens with one attached hydrogen (secondary N) is 1. The van der Waals surface area contributed by atoms with Gasteiger partial charge < -0.3 is 15.0 Å². The van der Waals surface area contributed by atoms with E-state index in [4.69, 9.17) is 4.74 Å². The summed E-state index contributed by atoms with van der Waals surface area (Å²) in [5, 5.41) is 3.08. The zero-order valence-corrected chi connectivity index (χ0v) is 14.0. The van der Waals surface area contributed by atoms with Gasteiger partial charge in [0.15, 0.2) is 0 Å². The molecule has 3 aromatic rings. The highest BCUT2D eigenvalue weighted by Gasteiger charge is 2.14. The molecule has 1 aromatic heterocycles. The van der Waals surface area contributed by atoms with Gasteiger partial charge in [0.05, 0.1) is 18.4 Å². The second-order valence-corrected chi connectivity index (χ2v) is 5.32. The van der Waals surface area contributed by atoms with Gasteiger partial charge in [0.1, 0.15) is 5.75 Å². The number of nitrogens with zero attached hydrogens (tertiary/aromatic N) is 3. The molecule has 0 bridgehead atoms. The van der Waals surface area contributed by atoms with Crippen molar-refractivity contribution in [1.82, 2.24) is 9.97 Å². The van der Waals surface area contributed by atoms with Crippen molar-refractivity contribution in [2.75, 3.05) is 24.4 Å². The van der Waals surface area contributed by atoms with Gasteiger partial charge in [-0.1, -0.05) is 30.3 Å². The molecule has 0 atom stereocenters. The summed E-state index contributed by atoms with van der Waals surface area (Å²) >= 11 is 0. The smallest absolute Gasteiger partial charge is 0.261 e. The summed E-state index contributed by atoms with van der Waals surface area (Å²) in [6.07, 6.45) is 3.01.